The Kier molecular flexibility index (Phi) is 3.28. The van der Waals surface area contributed by atoms with Crippen molar-refractivity contribution in [3.8, 4) is 17.2 Å². The van der Waals surface area contributed by atoms with Crippen molar-refractivity contribution in [2.75, 3.05) is 7.11 Å². The predicted octanol–water partition coefficient (Wildman–Crippen LogP) is 3.29. The van der Waals surface area contributed by atoms with Gasteiger partial charge in [0.2, 0.25) is 5.75 Å². The fourth-order valence-corrected chi connectivity index (χ4v) is 3.56. The topological polar surface area (TPSA) is 66.8 Å². The lowest BCUT2D eigenvalue weighted by Crippen LogP contribution is -2.52. The number of carbonyl (C=O) groups is 1. The standard InChI is InChI=1S/C18H20O4/c1-18(2)12-9-13(18)14(19)8-11(12)5-4-10-6-15(20)17(21)16(7-10)22-3/h4-8,12-13,20-21H,9H2,1-3H3/t12?,13-/m0/s1. The molecule has 0 amide bonds. The fourth-order valence-electron chi connectivity index (χ4n) is 3.56. The molecule has 0 radical (unpaired) electrons. The number of phenols is 2. The monoisotopic (exact) mass is 300 g/mol. The molecule has 2 bridgehead atoms. The lowest BCUT2D eigenvalue weighted by atomic mass is 9.48. The second-order valence-electron chi connectivity index (χ2n) is 6.63. The molecule has 0 saturated heterocycles. The van der Waals surface area contributed by atoms with E-state index in [1.54, 1.807) is 12.1 Å². The Bertz CT molecular complexity index is 697. The first kappa shape index (κ1) is 14.7. The molecule has 4 rings (SSSR count). The van der Waals surface area contributed by atoms with Gasteiger partial charge in [-0.3, -0.25) is 4.79 Å². The maximum absolute atomic E-state index is 12.1. The second-order valence-corrected chi connectivity index (χ2v) is 6.63. The van der Waals surface area contributed by atoms with Crippen molar-refractivity contribution < 1.29 is 19.7 Å². The van der Waals surface area contributed by atoms with E-state index in [2.05, 4.69) is 13.8 Å². The van der Waals surface area contributed by atoms with Crippen molar-refractivity contribution in [1.82, 2.24) is 0 Å². The van der Waals surface area contributed by atoms with Crippen LogP contribution in [-0.4, -0.2) is 23.1 Å². The molecule has 1 saturated carbocycles. The van der Waals surface area contributed by atoms with E-state index in [0.29, 0.717) is 11.5 Å². The molecule has 4 nitrogen and oxygen atoms in total. The van der Waals surface area contributed by atoms with Gasteiger partial charge in [-0.1, -0.05) is 26.0 Å². The van der Waals surface area contributed by atoms with Gasteiger partial charge in [-0.05, 0) is 47.1 Å². The summed E-state index contributed by atoms with van der Waals surface area (Å²) in [4.78, 5) is 12.1. The van der Waals surface area contributed by atoms with Gasteiger partial charge in [0.15, 0.2) is 17.3 Å². The smallest absolute Gasteiger partial charge is 0.200 e. The summed E-state index contributed by atoms with van der Waals surface area (Å²) in [7, 11) is 1.43. The molecule has 116 valence electrons. The Morgan fingerprint density at radius 2 is 1.95 bits per heavy atom. The van der Waals surface area contributed by atoms with Gasteiger partial charge in [0.05, 0.1) is 7.11 Å². The molecule has 3 aliphatic rings. The Balaban J connectivity index is 1.89. The van der Waals surface area contributed by atoms with Gasteiger partial charge in [0, 0.05) is 5.92 Å². The zero-order valence-corrected chi connectivity index (χ0v) is 13.0. The molecule has 2 N–H and O–H groups in total. The SMILES string of the molecule is COc1cc(C=CC2=CC(=O)[C@@H]3CC2C3(C)C)cc(O)c1O. The van der Waals surface area contributed by atoms with Crippen LogP contribution in [0.4, 0.5) is 0 Å². The average Bonchev–Trinajstić information content (AvgIpc) is 2.47. The molecule has 2 atom stereocenters. The van der Waals surface area contributed by atoms with Crippen molar-refractivity contribution >= 4 is 11.9 Å². The molecular weight excluding hydrogens is 280 g/mol. The number of allylic oxidation sites excluding steroid dienone is 3. The number of aromatic hydroxyl groups is 2. The van der Waals surface area contributed by atoms with Crippen LogP contribution >= 0.6 is 0 Å². The maximum Gasteiger partial charge on any atom is 0.200 e. The van der Waals surface area contributed by atoms with Crippen molar-refractivity contribution in [1.29, 1.82) is 0 Å². The zero-order valence-electron chi connectivity index (χ0n) is 13.0. The van der Waals surface area contributed by atoms with E-state index in [0.717, 1.165) is 12.0 Å². The van der Waals surface area contributed by atoms with E-state index in [4.69, 9.17) is 4.74 Å². The fraction of sp³-hybridized carbons (Fsp3) is 0.389. The molecule has 3 aliphatic carbocycles. The third-order valence-electron chi connectivity index (χ3n) is 5.09. The Morgan fingerprint density at radius 3 is 2.55 bits per heavy atom. The number of methoxy groups -OCH3 is 1. The van der Waals surface area contributed by atoms with Gasteiger partial charge in [0.25, 0.3) is 0 Å². The third-order valence-corrected chi connectivity index (χ3v) is 5.09. The Hall–Kier alpha value is -2.23. The van der Waals surface area contributed by atoms with E-state index >= 15 is 0 Å². The van der Waals surface area contributed by atoms with Gasteiger partial charge in [0.1, 0.15) is 0 Å². The van der Waals surface area contributed by atoms with Crippen LogP contribution in [0.1, 0.15) is 25.8 Å². The van der Waals surface area contributed by atoms with Gasteiger partial charge in [-0.15, -0.1) is 0 Å². The number of ether oxygens (including phenoxy) is 1. The quantitative estimate of drug-likeness (QED) is 0.841. The van der Waals surface area contributed by atoms with Crippen molar-refractivity contribution in [3.05, 3.63) is 35.4 Å². The summed E-state index contributed by atoms with van der Waals surface area (Å²) in [6.07, 6.45) is 6.41. The molecular formula is C18H20O4. The number of benzene rings is 1. The number of hydrogen-bond acceptors (Lipinski definition) is 4. The number of hydrogen-bond donors (Lipinski definition) is 2. The summed E-state index contributed by atoms with van der Waals surface area (Å²) in [6.45, 7) is 4.28. The van der Waals surface area contributed by atoms with Crippen LogP contribution in [0.3, 0.4) is 0 Å². The molecule has 0 aliphatic heterocycles. The third kappa shape index (κ3) is 2.10. The molecule has 0 aromatic heterocycles. The predicted molar refractivity (Wildman–Crippen MR) is 83.8 cm³/mol. The van der Waals surface area contributed by atoms with Gasteiger partial charge >= 0.3 is 0 Å². The largest absolute Gasteiger partial charge is 0.504 e. The molecule has 1 aromatic rings. The maximum atomic E-state index is 12.1. The highest BCUT2D eigenvalue weighted by atomic mass is 16.5. The highest BCUT2D eigenvalue weighted by molar-refractivity contribution is 5.96. The average molecular weight is 300 g/mol. The zero-order chi connectivity index (χ0) is 16.1. The molecule has 0 heterocycles. The van der Waals surface area contributed by atoms with Crippen LogP contribution < -0.4 is 4.74 Å². The van der Waals surface area contributed by atoms with Crippen LogP contribution in [0.5, 0.6) is 17.2 Å². The summed E-state index contributed by atoms with van der Waals surface area (Å²) in [5.41, 5.74) is 1.77. The number of fused-ring (bicyclic) bond motifs is 1. The van der Waals surface area contributed by atoms with E-state index < -0.39 is 0 Å². The van der Waals surface area contributed by atoms with E-state index in [-0.39, 0.29) is 34.4 Å². The first-order valence-corrected chi connectivity index (χ1v) is 7.38. The number of carbonyl (C=O) groups excluding carboxylic acids is 1. The summed E-state index contributed by atoms with van der Waals surface area (Å²) in [5, 5.41) is 19.3. The van der Waals surface area contributed by atoms with Gasteiger partial charge in [-0.2, -0.15) is 0 Å². The minimum Gasteiger partial charge on any atom is -0.504 e. The highest BCUT2D eigenvalue weighted by Gasteiger charge is 2.54. The summed E-state index contributed by atoms with van der Waals surface area (Å²) < 4.78 is 5.02. The lowest BCUT2D eigenvalue weighted by Gasteiger charge is -2.54. The van der Waals surface area contributed by atoms with Crippen molar-refractivity contribution in [3.63, 3.8) is 0 Å². The van der Waals surface area contributed by atoms with Crippen LogP contribution in [0.2, 0.25) is 0 Å². The summed E-state index contributed by atoms with van der Waals surface area (Å²) >= 11 is 0. The van der Waals surface area contributed by atoms with E-state index in [9.17, 15) is 15.0 Å². The molecule has 22 heavy (non-hydrogen) atoms. The number of ketones is 1. The van der Waals surface area contributed by atoms with Gasteiger partial charge < -0.3 is 14.9 Å². The Labute approximate surface area is 129 Å². The van der Waals surface area contributed by atoms with E-state index in [1.165, 1.54) is 13.2 Å². The highest BCUT2D eigenvalue weighted by Crippen LogP contribution is 2.58. The summed E-state index contributed by atoms with van der Waals surface area (Å²) in [6, 6.07) is 3.11. The van der Waals surface area contributed by atoms with Crippen LogP contribution in [-0.2, 0) is 4.79 Å². The number of phenolic OH excluding ortho intramolecular Hbond substituents is 2. The lowest BCUT2D eigenvalue weighted by molar-refractivity contribution is -0.133. The molecule has 1 fully saturated rings. The first-order valence-electron chi connectivity index (χ1n) is 7.38. The normalized spacial score (nSPS) is 25.8. The van der Waals surface area contributed by atoms with Crippen LogP contribution in [0, 0.1) is 17.3 Å². The molecule has 4 heteroatoms. The van der Waals surface area contributed by atoms with E-state index in [1.807, 2.05) is 12.2 Å². The molecule has 1 aromatic carbocycles. The first-order chi connectivity index (χ1) is 10.3. The van der Waals surface area contributed by atoms with Crippen LogP contribution in [0.25, 0.3) is 6.08 Å². The minimum absolute atomic E-state index is 0.0281. The molecule has 1 unspecified atom stereocenters. The van der Waals surface area contributed by atoms with Crippen molar-refractivity contribution in [2.24, 2.45) is 17.3 Å². The van der Waals surface area contributed by atoms with Crippen molar-refractivity contribution in [2.45, 2.75) is 20.3 Å². The second kappa shape index (κ2) is 4.90. The summed E-state index contributed by atoms with van der Waals surface area (Å²) in [5.74, 6) is 0.494. The Morgan fingerprint density at radius 1 is 1.23 bits per heavy atom. The van der Waals surface area contributed by atoms with Crippen LogP contribution in [0.15, 0.2) is 29.9 Å². The van der Waals surface area contributed by atoms with Gasteiger partial charge in [-0.25, -0.2) is 0 Å². The molecule has 0 spiro atoms. The minimum atomic E-state index is -0.269. The number of rotatable bonds is 3.